The second kappa shape index (κ2) is 9.01. The van der Waals surface area contributed by atoms with Gasteiger partial charge >= 0.3 is 0 Å². The van der Waals surface area contributed by atoms with Gasteiger partial charge in [-0.1, -0.05) is 48.0 Å². The minimum atomic E-state index is -0.620. The summed E-state index contributed by atoms with van der Waals surface area (Å²) in [6, 6.07) is 15.1. The number of aromatic nitrogens is 3. The summed E-state index contributed by atoms with van der Waals surface area (Å²) in [6.45, 7) is 0.402. The maximum atomic E-state index is 11.1. The van der Waals surface area contributed by atoms with Crippen LogP contribution in [0.2, 0.25) is 5.02 Å². The third-order valence-electron chi connectivity index (χ3n) is 3.79. The number of H-pyrrole nitrogens is 1. The summed E-state index contributed by atoms with van der Waals surface area (Å²) in [4.78, 5) is 25.9. The summed E-state index contributed by atoms with van der Waals surface area (Å²) in [5.74, 6) is 0.617. The second-order valence-corrected chi connectivity index (χ2v) is 6.30. The number of aromatic amines is 1. The maximum Gasteiger partial charge on any atom is 0.288 e. The molecule has 2 heterocycles. The molecule has 4 N–H and O–H groups in total. The molecule has 28 heavy (non-hydrogen) atoms. The molecular weight excluding hydrogens is 382 g/mol. The zero-order valence-corrected chi connectivity index (χ0v) is 15.6. The summed E-state index contributed by atoms with van der Waals surface area (Å²) in [5, 5.41) is 9.58. The highest BCUT2D eigenvalue weighted by Crippen LogP contribution is 2.33. The van der Waals surface area contributed by atoms with Gasteiger partial charge in [0, 0.05) is 6.42 Å². The van der Waals surface area contributed by atoms with Crippen molar-refractivity contribution in [3.63, 3.8) is 0 Å². The van der Waals surface area contributed by atoms with Gasteiger partial charge in [-0.2, -0.15) is 0 Å². The van der Waals surface area contributed by atoms with Crippen LogP contribution in [0.15, 0.2) is 48.5 Å². The van der Waals surface area contributed by atoms with Crippen molar-refractivity contribution in [2.24, 2.45) is 5.73 Å². The molecule has 0 saturated heterocycles. The minimum absolute atomic E-state index is 0.0286. The average molecular weight is 400 g/mol. The number of nitrogens with one attached hydrogen (secondary N) is 2. The fraction of sp³-hybridized carbons (Fsp3) is 0.158. The molecule has 2 amide bonds. The molecule has 0 saturated carbocycles. The number of nitrogens with two attached hydrogens (primary N) is 1. The first kappa shape index (κ1) is 19.4. The highest BCUT2D eigenvalue weighted by molar-refractivity contribution is 6.34. The van der Waals surface area contributed by atoms with E-state index in [-0.39, 0.29) is 11.7 Å². The molecule has 1 aromatic heterocycles. The molecule has 4 rings (SSSR count). The van der Waals surface area contributed by atoms with E-state index in [0.717, 1.165) is 5.56 Å². The monoisotopic (exact) mass is 399 g/mol. The predicted octanol–water partition coefficient (Wildman–Crippen LogP) is 2.56. The van der Waals surface area contributed by atoms with E-state index < -0.39 is 5.91 Å². The van der Waals surface area contributed by atoms with Crippen LogP contribution in [0.25, 0.3) is 0 Å². The van der Waals surface area contributed by atoms with Crippen LogP contribution >= 0.6 is 11.6 Å². The number of hydrogen-bond acceptors (Lipinski definition) is 5. The first-order valence-electron chi connectivity index (χ1n) is 8.49. The Morgan fingerprint density at radius 2 is 1.96 bits per heavy atom. The van der Waals surface area contributed by atoms with Gasteiger partial charge in [0.1, 0.15) is 17.3 Å². The molecule has 2 aromatic carbocycles. The fourth-order valence-corrected chi connectivity index (χ4v) is 2.69. The van der Waals surface area contributed by atoms with Gasteiger partial charge in [0.25, 0.3) is 5.91 Å². The summed E-state index contributed by atoms with van der Waals surface area (Å²) < 4.78 is 5.33. The number of carbonyl (C=O) groups is 2. The average Bonchev–Trinajstić information content (AvgIpc) is 3.06. The lowest BCUT2D eigenvalue weighted by Crippen LogP contribution is -2.12. The number of primary amides is 1. The molecule has 3 aromatic rings. The van der Waals surface area contributed by atoms with E-state index in [1.165, 1.54) is 0 Å². The van der Waals surface area contributed by atoms with Crippen molar-refractivity contribution >= 4 is 29.1 Å². The number of fused-ring (bicyclic) bond motifs is 1. The van der Waals surface area contributed by atoms with Crippen molar-refractivity contribution in [2.45, 2.75) is 12.8 Å². The van der Waals surface area contributed by atoms with E-state index in [1.54, 1.807) is 18.2 Å². The molecule has 0 spiro atoms. The van der Waals surface area contributed by atoms with Gasteiger partial charge in [-0.15, -0.1) is 5.10 Å². The Morgan fingerprint density at radius 1 is 1.18 bits per heavy atom. The standard InChI is InChI=1S/C10H10N4O.C9H8ClNO2/c11-9(15)10-12-8(13-14-10)6-7-4-2-1-3-5-7;10-6-2-1-3-7-9(6)11-8(12)4-5-13-7/h1-5H,6H2,(H2,11,15)(H,12,13,14);1-3H,4-5H2,(H,11,12). The first-order valence-corrected chi connectivity index (χ1v) is 8.87. The second-order valence-electron chi connectivity index (χ2n) is 5.89. The van der Waals surface area contributed by atoms with Crippen molar-refractivity contribution in [1.82, 2.24) is 15.2 Å². The first-order chi connectivity index (χ1) is 13.5. The van der Waals surface area contributed by atoms with E-state index >= 15 is 0 Å². The smallest absolute Gasteiger partial charge is 0.288 e. The number of hydrogen-bond donors (Lipinski definition) is 3. The van der Waals surface area contributed by atoms with Crippen molar-refractivity contribution in [3.8, 4) is 5.75 Å². The van der Waals surface area contributed by atoms with E-state index in [4.69, 9.17) is 22.1 Å². The third-order valence-corrected chi connectivity index (χ3v) is 4.11. The van der Waals surface area contributed by atoms with Crippen LogP contribution < -0.4 is 15.8 Å². The predicted molar refractivity (Wildman–Crippen MR) is 104 cm³/mol. The molecule has 9 heteroatoms. The number of halogens is 1. The number of nitrogens with zero attached hydrogens (tertiary/aromatic N) is 2. The summed E-state index contributed by atoms with van der Waals surface area (Å²) >= 11 is 5.89. The minimum Gasteiger partial charge on any atom is -0.491 e. The van der Waals surface area contributed by atoms with Gasteiger partial charge in [-0.25, -0.2) is 4.98 Å². The Hall–Kier alpha value is -3.39. The summed E-state index contributed by atoms with van der Waals surface area (Å²) in [7, 11) is 0. The van der Waals surface area contributed by atoms with Crippen molar-refractivity contribution < 1.29 is 14.3 Å². The SMILES string of the molecule is NC(=O)c1n[nH]c(Cc2ccccc2)n1.O=C1CCOc2cccc(Cl)c2N1. The molecular formula is C19H18ClN5O3. The quantitative estimate of drug-likeness (QED) is 0.624. The molecule has 0 aliphatic carbocycles. The number of amides is 2. The van der Waals surface area contributed by atoms with Crippen LogP contribution in [0.4, 0.5) is 5.69 Å². The van der Waals surface area contributed by atoms with Gasteiger partial charge in [0.05, 0.1) is 18.1 Å². The largest absolute Gasteiger partial charge is 0.491 e. The summed E-state index contributed by atoms with van der Waals surface area (Å²) in [6.07, 6.45) is 0.978. The van der Waals surface area contributed by atoms with Crippen LogP contribution in [0.1, 0.15) is 28.4 Å². The molecule has 1 aliphatic rings. The van der Waals surface area contributed by atoms with Gasteiger partial charge < -0.3 is 15.8 Å². The Kier molecular flexibility index (Phi) is 6.23. The van der Waals surface area contributed by atoms with E-state index in [0.29, 0.717) is 41.7 Å². The zero-order valence-electron chi connectivity index (χ0n) is 14.8. The Labute approximate surface area is 166 Å². The Bertz CT molecular complexity index is 975. The zero-order chi connectivity index (χ0) is 19.9. The number of para-hydroxylation sites is 1. The molecule has 0 bridgehead atoms. The number of rotatable bonds is 3. The summed E-state index contributed by atoms with van der Waals surface area (Å²) in [5.41, 5.74) is 6.71. The lowest BCUT2D eigenvalue weighted by Gasteiger charge is -2.07. The highest BCUT2D eigenvalue weighted by atomic mass is 35.5. The van der Waals surface area contributed by atoms with Crippen LogP contribution in [0.3, 0.4) is 0 Å². The van der Waals surface area contributed by atoms with E-state index in [9.17, 15) is 9.59 Å². The van der Waals surface area contributed by atoms with Gasteiger partial charge in [0.2, 0.25) is 11.7 Å². The maximum absolute atomic E-state index is 11.1. The number of ether oxygens (including phenoxy) is 1. The van der Waals surface area contributed by atoms with Crippen molar-refractivity contribution in [3.05, 3.63) is 70.8 Å². The Balaban J connectivity index is 0.000000162. The lowest BCUT2D eigenvalue weighted by molar-refractivity contribution is -0.116. The molecule has 0 radical (unpaired) electrons. The van der Waals surface area contributed by atoms with E-state index in [2.05, 4.69) is 20.5 Å². The van der Waals surface area contributed by atoms with Crippen LogP contribution in [0.5, 0.6) is 5.75 Å². The van der Waals surface area contributed by atoms with Gasteiger partial charge in [-0.3, -0.25) is 14.7 Å². The van der Waals surface area contributed by atoms with Crippen molar-refractivity contribution in [2.75, 3.05) is 11.9 Å². The normalized spacial score (nSPS) is 12.5. The molecule has 8 nitrogen and oxygen atoms in total. The van der Waals surface area contributed by atoms with Crippen molar-refractivity contribution in [1.29, 1.82) is 0 Å². The lowest BCUT2D eigenvalue weighted by atomic mass is 10.1. The van der Waals surface area contributed by atoms with Gasteiger partial charge in [0.15, 0.2) is 0 Å². The number of benzene rings is 2. The molecule has 0 fully saturated rings. The fourth-order valence-electron chi connectivity index (χ4n) is 2.48. The Morgan fingerprint density at radius 3 is 2.68 bits per heavy atom. The van der Waals surface area contributed by atoms with E-state index in [1.807, 2.05) is 30.3 Å². The molecule has 0 atom stereocenters. The molecule has 144 valence electrons. The van der Waals surface area contributed by atoms with Crippen LogP contribution in [-0.4, -0.2) is 33.6 Å². The topological polar surface area (TPSA) is 123 Å². The third kappa shape index (κ3) is 5.08. The van der Waals surface area contributed by atoms with Crippen LogP contribution in [-0.2, 0) is 11.2 Å². The number of anilines is 1. The molecule has 0 unspecified atom stereocenters. The molecule has 1 aliphatic heterocycles. The number of carbonyl (C=O) groups excluding carboxylic acids is 2. The van der Waals surface area contributed by atoms with Gasteiger partial charge in [-0.05, 0) is 17.7 Å². The highest BCUT2D eigenvalue weighted by Gasteiger charge is 2.15. The van der Waals surface area contributed by atoms with Crippen LogP contribution in [0, 0.1) is 0 Å².